The molecule has 1 fully saturated rings. The van der Waals surface area contributed by atoms with Gasteiger partial charge in [-0.25, -0.2) is 4.98 Å². The number of aromatic nitrogens is 4. The molecule has 0 unspecified atom stereocenters. The van der Waals surface area contributed by atoms with E-state index in [1.807, 2.05) is 36.5 Å². The van der Waals surface area contributed by atoms with Gasteiger partial charge in [-0.2, -0.15) is 4.98 Å². The van der Waals surface area contributed by atoms with Crippen molar-refractivity contribution in [3.63, 3.8) is 0 Å². The van der Waals surface area contributed by atoms with Gasteiger partial charge in [-0.05, 0) is 43.7 Å². The molecule has 4 rings (SSSR count). The Morgan fingerprint density at radius 2 is 2.14 bits per heavy atom. The molecule has 0 amide bonds. The number of nitrogens with one attached hydrogen (secondary N) is 1. The molecule has 0 saturated carbocycles. The van der Waals surface area contributed by atoms with Gasteiger partial charge in [0.25, 0.3) is 0 Å². The second-order valence-corrected chi connectivity index (χ2v) is 6.72. The van der Waals surface area contributed by atoms with Gasteiger partial charge in [0, 0.05) is 32.6 Å². The summed E-state index contributed by atoms with van der Waals surface area (Å²) in [5.74, 6) is 1.92. The number of pyridine rings is 2. The molecule has 8 heteroatoms. The number of likely N-dealkylation sites (tertiary alicyclic amines) is 1. The summed E-state index contributed by atoms with van der Waals surface area (Å²) in [6.45, 7) is 3.03. The van der Waals surface area contributed by atoms with Crippen LogP contribution in [0.5, 0.6) is 0 Å². The van der Waals surface area contributed by atoms with Gasteiger partial charge >= 0.3 is 0 Å². The van der Waals surface area contributed by atoms with E-state index in [-0.39, 0.29) is 6.04 Å². The Balaban J connectivity index is 1.51. The first-order chi connectivity index (χ1) is 13.8. The third-order valence-corrected chi connectivity index (χ3v) is 4.83. The van der Waals surface area contributed by atoms with Gasteiger partial charge in [0.15, 0.2) is 0 Å². The quantitative estimate of drug-likeness (QED) is 0.597. The average molecular weight is 380 g/mol. The number of methoxy groups -OCH3 is 1. The summed E-state index contributed by atoms with van der Waals surface area (Å²) in [5, 5.41) is 7.48. The molecule has 1 saturated heterocycles. The number of anilines is 1. The lowest BCUT2D eigenvalue weighted by Crippen LogP contribution is -2.23. The van der Waals surface area contributed by atoms with Crippen molar-refractivity contribution in [2.75, 3.05) is 32.1 Å². The molecule has 0 aromatic carbocycles. The van der Waals surface area contributed by atoms with Crippen molar-refractivity contribution >= 4 is 5.82 Å². The van der Waals surface area contributed by atoms with E-state index in [1.165, 1.54) is 0 Å². The molecule has 1 aliphatic heterocycles. The van der Waals surface area contributed by atoms with Crippen LogP contribution < -0.4 is 5.32 Å². The first-order valence-electron chi connectivity index (χ1n) is 9.51. The van der Waals surface area contributed by atoms with Crippen LogP contribution in [-0.2, 0) is 11.3 Å². The van der Waals surface area contributed by atoms with E-state index in [9.17, 15) is 0 Å². The normalized spacial score (nSPS) is 17.1. The highest BCUT2D eigenvalue weighted by Gasteiger charge is 2.31. The summed E-state index contributed by atoms with van der Waals surface area (Å²) in [4.78, 5) is 15.9. The summed E-state index contributed by atoms with van der Waals surface area (Å²) >= 11 is 0. The lowest BCUT2D eigenvalue weighted by atomic mass is 10.2. The van der Waals surface area contributed by atoms with Gasteiger partial charge in [-0.3, -0.25) is 9.88 Å². The van der Waals surface area contributed by atoms with Crippen LogP contribution in [0.2, 0.25) is 0 Å². The maximum absolute atomic E-state index is 5.65. The minimum absolute atomic E-state index is 0.116. The largest absolute Gasteiger partial charge is 0.383 e. The van der Waals surface area contributed by atoms with Crippen molar-refractivity contribution in [3.8, 4) is 11.4 Å². The van der Waals surface area contributed by atoms with Gasteiger partial charge < -0.3 is 14.6 Å². The molecule has 0 bridgehead atoms. The van der Waals surface area contributed by atoms with E-state index in [4.69, 9.17) is 14.2 Å². The summed E-state index contributed by atoms with van der Waals surface area (Å²) in [6.07, 6.45) is 5.67. The van der Waals surface area contributed by atoms with Crippen LogP contribution in [0.4, 0.5) is 5.82 Å². The zero-order valence-electron chi connectivity index (χ0n) is 15.9. The minimum Gasteiger partial charge on any atom is -0.383 e. The zero-order valence-corrected chi connectivity index (χ0v) is 15.9. The van der Waals surface area contributed by atoms with E-state index in [0.29, 0.717) is 24.9 Å². The van der Waals surface area contributed by atoms with Crippen LogP contribution >= 0.6 is 0 Å². The number of ether oxygens (including phenoxy) is 1. The molecule has 0 radical (unpaired) electrons. The van der Waals surface area contributed by atoms with Gasteiger partial charge in [0.05, 0.1) is 23.9 Å². The zero-order chi connectivity index (χ0) is 19.2. The highest BCUT2D eigenvalue weighted by molar-refractivity contribution is 5.69. The van der Waals surface area contributed by atoms with Crippen LogP contribution in [0, 0.1) is 0 Å². The predicted molar refractivity (Wildman–Crippen MR) is 105 cm³/mol. The van der Waals surface area contributed by atoms with Crippen molar-refractivity contribution in [2.24, 2.45) is 0 Å². The summed E-state index contributed by atoms with van der Waals surface area (Å²) < 4.78 is 10.7. The minimum atomic E-state index is 0.116. The Labute approximate surface area is 164 Å². The highest BCUT2D eigenvalue weighted by Crippen LogP contribution is 2.33. The first-order valence-corrected chi connectivity index (χ1v) is 9.51. The Kier molecular flexibility index (Phi) is 5.89. The third-order valence-electron chi connectivity index (χ3n) is 4.83. The Morgan fingerprint density at radius 3 is 3.00 bits per heavy atom. The number of hydrogen-bond acceptors (Lipinski definition) is 8. The molecule has 0 spiro atoms. The second kappa shape index (κ2) is 8.90. The molecule has 1 aliphatic rings. The van der Waals surface area contributed by atoms with Crippen molar-refractivity contribution in [1.82, 2.24) is 25.0 Å². The van der Waals surface area contributed by atoms with E-state index in [1.54, 1.807) is 13.3 Å². The van der Waals surface area contributed by atoms with Gasteiger partial charge in [0.2, 0.25) is 11.7 Å². The molecule has 8 nitrogen and oxygen atoms in total. The molecule has 1 N–H and O–H groups in total. The van der Waals surface area contributed by atoms with Crippen LogP contribution in [-0.4, -0.2) is 51.8 Å². The molecule has 146 valence electrons. The van der Waals surface area contributed by atoms with Crippen molar-refractivity contribution < 1.29 is 9.26 Å². The van der Waals surface area contributed by atoms with Gasteiger partial charge in [0.1, 0.15) is 5.82 Å². The fourth-order valence-corrected chi connectivity index (χ4v) is 3.47. The number of rotatable bonds is 8. The fourth-order valence-electron chi connectivity index (χ4n) is 3.47. The van der Waals surface area contributed by atoms with Crippen molar-refractivity contribution in [3.05, 3.63) is 54.3 Å². The molecule has 3 aromatic heterocycles. The fraction of sp³-hybridized carbons (Fsp3) is 0.400. The van der Waals surface area contributed by atoms with E-state index < -0.39 is 0 Å². The summed E-state index contributed by atoms with van der Waals surface area (Å²) in [5.41, 5.74) is 1.87. The number of nitrogens with zero attached hydrogens (tertiary/aromatic N) is 5. The Bertz CT molecular complexity index is 885. The van der Waals surface area contributed by atoms with Crippen LogP contribution in [0.1, 0.15) is 30.5 Å². The molecular weight excluding hydrogens is 356 g/mol. The standard InChI is InChI=1S/C20H24N6O2/c1-27-13-11-23-18-16(7-4-10-22-18)19-24-20(28-25-19)17-8-5-12-26(17)14-15-6-2-3-9-21-15/h2-4,6-7,9-10,17H,5,8,11-14H2,1H3,(H,22,23)/t17-/m1/s1. The van der Waals surface area contributed by atoms with E-state index in [2.05, 4.69) is 25.3 Å². The molecule has 0 aliphatic carbocycles. The van der Waals surface area contributed by atoms with Crippen molar-refractivity contribution in [1.29, 1.82) is 0 Å². The topological polar surface area (TPSA) is 89.2 Å². The van der Waals surface area contributed by atoms with Crippen LogP contribution in [0.15, 0.2) is 47.2 Å². The van der Waals surface area contributed by atoms with Gasteiger partial charge in [-0.15, -0.1) is 0 Å². The first kappa shape index (κ1) is 18.5. The smallest absolute Gasteiger partial charge is 0.244 e. The van der Waals surface area contributed by atoms with Crippen molar-refractivity contribution in [2.45, 2.75) is 25.4 Å². The van der Waals surface area contributed by atoms with Crippen LogP contribution in [0.25, 0.3) is 11.4 Å². The lowest BCUT2D eigenvalue weighted by molar-refractivity contribution is 0.199. The second-order valence-electron chi connectivity index (χ2n) is 6.72. The monoisotopic (exact) mass is 380 g/mol. The van der Waals surface area contributed by atoms with Crippen LogP contribution in [0.3, 0.4) is 0 Å². The molecular formula is C20H24N6O2. The molecule has 4 heterocycles. The Morgan fingerprint density at radius 1 is 1.21 bits per heavy atom. The molecule has 28 heavy (non-hydrogen) atoms. The molecule has 1 atom stereocenters. The third kappa shape index (κ3) is 4.18. The maximum atomic E-state index is 5.65. The highest BCUT2D eigenvalue weighted by atomic mass is 16.5. The average Bonchev–Trinajstić information content (AvgIpc) is 3.39. The Hall–Kier alpha value is -2.84. The van der Waals surface area contributed by atoms with Gasteiger partial charge in [-0.1, -0.05) is 11.2 Å². The SMILES string of the molecule is COCCNc1ncccc1-c1noc([C@H]2CCCN2Cc2ccccn2)n1. The van der Waals surface area contributed by atoms with E-state index >= 15 is 0 Å². The number of hydrogen-bond donors (Lipinski definition) is 1. The predicted octanol–water partition coefficient (Wildman–Crippen LogP) is 2.92. The lowest BCUT2D eigenvalue weighted by Gasteiger charge is -2.20. The van der Waals surface area contributed by atoms with E-state index in [0.717, 1.165) is 43.0 Å². The molecule has 3 aromatic rings. The summed E-state index contributed by atoms with van der Waals surface area (Å²) in [6, 6.07) is 9.92. The summed E-state index contributed by atoms with van der Waals surface area (Å²) in [7, 11) is 1.67. The maximum Gasteiger partial charge on any atom is 0.244 e.